The fraction of sp³-hybridized carbons (Fsp3) is 0.571. The number of aryl methyl sites for hydroxylation is 1. The largest absolute Gasteiger partial charge is 0.483 e. The van der Waals surface area contributed by atoms with Gasteiger partial charge in [0, 0.05) is 63.7 Å². The van der Waals surface area contributed by atoms with E-state index in [4.69, 9.17) is 9.47 Å². The summed E-state index contributed by atoms with van der Waals surface area (Å²) < 4.78 is 11.1. The smallest absolute Gasteiger partial charge is 0.409 e. The van der Waals surface area contributed by atoms with Crippen molar-refractivity contribution >= 4 is 46.5 Å². The van der Waals surface area contributed by atoms with Gasteiger partial charge in [0.25, 0.3) is 11.8 Å². The summed E-state index contributed by atoms with van der Waals surface area (Å²) in [5.74, 6) is -1.53. The summed E-state index contributed by atoms with van der Waals surface area (Å²) in [5.41, 5.74) is 1.32. The molecule has 3 fully saturated rings. The molecule has 1 aromatic heterocycles. The first-order chi connectivity index (χ1) is 24.1. The van der Waals surface area contributed by atoms with Gasteiger partial charge in [-0.05, 0) is 70.1 Å². The van der Waals surface area contributed by atoms with E-state index >= 15 is 0 Å². The molecule has 1 aromatic carbocycles. The molecule has 15 heteroatoms. The number of aromatic nitrogens is 1. The average molecular weight is 694 g/mol. The van der Waals surface area contributed by atoms with Crippen LogP contribution in [0.2, 0.25) is 0 Å². The van der Waals surface area contributed by atoms with Crippen LogP contribution in [0.3, 0.4) is 0 Å². The van der Waals surface area contributed by atoms with E-state index in [9.17, 15) is 28.8 Å². The first-order valence-corrected chi connectivity index (χ1v) is 17.4. The normalized spacial score (nSPS) is 18.2. The predicted octanol–water partition coefficient (Wildman–Crippen LogP) is 1.51. The summed E-state index contributed by atoms with van der Waals surface area (Å²) >= 11 is 0. The standard InChI is InChI=1S/C35H47N7O8/c1-4-49-35(48)41-17-15-40(16-18-41)34(47)25(12-13-30(43)36-3)39-32(45)27-20-29(24-11-10-22(2)19-26(24)38-27)50-21-31(44)42-14-6-9-28(42)33(46)37-23-7-5-8-23/h10-11,19-20,23,25,28H,4-9,12-18,21H2,1-3H3,(H,36,43)(H,37,46)(H,39,45)/t25-,28-/m0/s1. The molecule has 2 saturated heterocycles. The van der Waals surface area contributed by atoms with E-state index in [-0.39, 0.29) is 93.3 Å². The van der Waals surface area contributed by atoms with E-state index in [1.54, 1.807) is 28.9 Å². The second-order valence-electron chi connectivity index (χ2n) is 12.9. The highest BCUT2D eigenvalue weighted by atomic mass is 16.6. The van der Waals surface area contributed by atoms with Crippen LogP contribution in [-0.4, -0.2) is 126 Å². The molecule has 3 aliphatic rings. The van der Waals surface area contributed by atoms with E-state index in [1.807, 2.05) is 13.0 Å². The molecular weight excluding hydrogens is 646 g/mol. The van der Waals surface area contributed by atoms with Crippen LogP contribution < -0.4 is 20.7 Å². The lowest BCUT2D eigenvalue weighted by molar-refractivity contribution is -0.140. The molecule has 5 rings (SSSR count). The second-order valence-corrected chi connectivity index (χ2v) is 12.9. The van der Waals surface area contributed by atoms with Crippen molar-refractivity contribution in [2.45, 2.75) is 76.9 Å². The minimum atomic E-state index is -1.05. The van der Waals surface area contributed by atoms with Crippen molar-refractivity contribution in [3.05, 3.63) is 35.5 Å². The number of carbonyl (C=O) groups excluding carboxylic acids is 6. The Bertz CT molecular complexity index is 1600. The summed E-state index contributed by atoms with van der Waals surface area (Å²) in [5, 5.41) is 8.94. The SMILES string of the molecule is CCOC(=O)N1CCN(C(=O)[C@H](CCC(=O)NC)NC(=O)c2cc(OCC(=O)N3CCC[C@H]3C(=O)NC3CCC3)c3ccc(C)cc3n2)CC1. The topological polar surface area (TPSA) is 180 Å². The number of ether oxygens (including phenoxy) is 2. The summed E-state index contributed by atoms with van der Waals surface area (Å²) in [6.07, 6.45) is 3.90. The van der Waals surface area contributed by atoms with Gasteiger partial charge in [-0.2, -0.15) is 0 Å². The lowest BCUT2D eigenvalue weighted by Gasteiger charge is -2.36. The van der Waals surface area contributed by atoms with Gasteiger partial charge < -0.3 is 40.1 Å². The van der Waals surface area contributed by atoms with E-state index < -0.39 is 24.1 Å². The van der Waals surface area contributed by atoms with Crippen LogP contribution in [-0.2, 0) is 23.9 Å². The number of hydrogen-bond donors (Lipinski definition) is 3. The van der Waals surface area contributed by atoms with Crippen LogP contribution in [0.25, 0.3) is 10.9 Å². The van der Waals surface area contributed by atoms with Crippen LogP contribution in [0, 0.1) is 6.92 Å². The molecule has 0 bridgehead atoms. The van der Waals surface area contributed by atoms with Crippen molar-refractivity contribution in [1.29, 1.82) is 0 Å². The van der Waals surface area contributed by atoms with E-state index in [2.05, 4.69) is 20.9 Å². The number of amides is 6. The monoisotopic (exact) mass is 693 g/mol. The Morgan fingerprint density at radius 2 is 1.70 bits per heavy atom. The van der Waals surface area contributed by atoms with Crippen LogP contribution >= 0.6 is 0 Å². The molecular formula is C35H47N7O8. The first kappa shape index (κ1) is 36.3. The van der Waals surface area contributed by atoms with Crippen molar-refractivity contribution in [3.63, 3.8) is 0 Å². The van der Waals surface area contributed by atoms with E-state index in [0.29, 0.717) is 23.9 Å². The minimum Gasteiger partial charge on any atom is -0.483 e. The molecule has 1 saturated carbocycles. The molecule has 0 radical (unpaired) electrons. The Balaban J connectivity index is 1.30. The number of rotatable bonds is 12. The number of benzene rings is 1. The van der Waals surface area contributed by atoms with E-state index in [0.717, 1.165) is 31.2 Å². The maximum absolute atomic E-state index is 13.7. The van der Waals surface area contributed by atoms with Gasteiger partial charge in [-0.1, -0.05) is 6.07 Å². The Hall–Kier alpha value is -4.95. The average Bonchev–Trinajstić information content (AvgIpc) is 3.60. The second kappa shape index (κ2) is 16.6. The van der Waals surface area contributed by atoms with Gasteiger partial charge in [0.05, 0.1) is 12.1 Å². The molecule has 50 heavy (non-hydrogen) atoms. The van der Waals surface area contributed by atoms with Crippen molar-refractivity contribution in [2.24, 2.45) is 0 Å². The van der Waals surface area contributed by atoms with Crippen molar-refractivity contribution in [1.82, 2.24) is 35.6 Å². The molecule has 2 aromatic rings. The zero-order valence-corrected chi connectivity index (χ0v) is 29.0. The highest BCUT2D eigenvalue weighted by Gasteiger charge is 2.36. The zero-order valence-electron chi connectivity index (χ0n) is 29.0. The maximum Gasteiger partial charge on any atom is 0.409 e. The van der Waals surface area contributed by atoms with Gasteiger partial charge in [-0.3, -0.25) is 24.0 Å². The maximum atomic E-state index is 13.7. The highest BCUT2D eigenvalue weighted by Crippen LogP contribution is 2.28. The number of nitrogens with zero attached hydrogens (tertiary/aromatic N) is 4. The van der Waals surface area contributed by atoms with Crippen molar-refractivity contribution in [3.8, 4) is 5.75 Å². The van der Waals surface area contributed by atoms with Crippen LogP contribution in [0.4, 0.5) is 4.79 Å². The zero-order chi connectivity index (χ0) is 35.8. The third-order valence-electron chi connectivity index (χ3n) is 9.50. The quantitative estimate of drug-likeness (QED) is 0.297. The number of fused-ring (bicyclic) bond motifs is 1. The van der Waals surface area contributed by atoms with Gasteiger partial charge in [0.2, 0.25) is 17.7 Å². The summed E-state index contributed by atoms with van der Waals surface area (Å²) in [6.45, 7) is 4.99. The van der Waals surface area contributed by atoms with Crippen LogP contribution in [0.5, 0.6) is 5.75 Å². The van der Waals surface area contributed by atoms with Gasteiger partial charge in [0.1, 0.15) is 23.5 Å². The third kappa shape index (κ3) is 8.79. The molecule has 2 aliphatic heterocycles. The van der Waals surface area contributed by atoms with Gasteiger partial charge in [0.15, 0.2) is 6.61 Å². The molecule has 0 unspecified atom stereocenters. The fourth-order valence-electron chi connectivity index (χ4n) is 6.39. The molecule has 1 aliphatic carbocycles. The minimum absolute atomic E-state index is 0.00698. The van der Waals surface area contributed by atoms with Gasteiger partial charge >= 0.3 is 6.09 Å². The number of carbonyl (C=O) groups is 6. The number of hydrogen-bond acceptors (Lipinski definition) is 9. The third-order valence-corrected chi connectivity index (χ3v) is 9.50. The van der Waals surface area contributed by atoms with Crippen LogP contribution in [0.1, 0.15) is 67.9 Å². The molecule has 0 spiro atoms. The summed E-state index contributed by atoms with van der Waals surface area (Å²) in [7, 11) is 1.49. The Morgan fingerprint density at radius 1 is 0.960 bits per heavy atom. The number of nitrogens with one attached hydrogen (secondary N) is 3. The van der Waals surface area contributed by atoms with Crippen LogP contribution in [0.15, 0.2) is 24.3 Å². The lowest BCUT2D eigenvalue weighted by Crippen LogP contribution is -2.56. The summed E-state index contributed by atoms with van der Waals surface area (Å²) in [6, 6.07) is 5.48. The predicted molar refractivity (Wildman–Crippen MR) is 182 cm³/mol. The molecule has 6 amide bonds. The molecule has 2 atom stereocenters. The summed E-state index contributed by atoms with van der Waals surface area (Å²) in [4.78, 5) is 87.1. The molecule has 15 nitrogen and oxygen atoms in total. The van der Waals surface area contributed by atoms with Gasteiger partial charge in [-0.15, -0.1) is 0 Å². The Kier molecular flexibility index (Phi) is 12.1. The highest BCUT2D eigenvalue weighted by molar-refractivity contribution is 5.99. The van der Waals surface area contributed by atoms with E-state index in [1.165, 1.54) is 18.0 Å². The van der Waals surface area contributed by atoms with Crippen molar-refractivity contribution in [2.75, 3.05) is 53.0 Å². The molecule has 3 heterocycles. The Labute approximate surface area is 291 Å². The molecule has 3 N–H and O–H groups in total. The van der Waals surface area contributed by atoms with Crippen molar-refractivity contribution < 1.29 is 38.2 Å². The number of piperazine rings is 1. The number of pyridine rings is 1. The van der Waals surface area contributed by atoms with Gasteiger partial charge in [-0.25, -0.2) is 9.78 Å². The fourth-order valence-corrected chi connectivity index (χ4v) is 6.39. The molecule has 270 valence electrons. The Morgan fingerprint density at radius 3 is 2.38 bits per heavy atom. The lowest BCUT2D eigenvalue weighted by atomic mass is 9.93. The number of likely N-dealkylation sites (tertiary alicyclic amines) is 1. The first-order valence-electron chi connectivity index (χ1n) is 17.4.